The van der Waals surface area contributed by atoms with E-state index in [2.05, 4.69) is 10.3 Å². The number of aromatic nitrogens is 1. The van der Waals surface area contributed by atoms with E-state index in [-0.39, 0.29) is 16.0 Å². The molecule has 0 bridgehead atoms. The number of carbonyl (C=O) groups is 1. The van der Waals surface area contributed by atoms with Gasteiger partial charge in [0, 0.05) is 0 Å². The molecule has 1 heterocycles. The molecule has 1 rings (SSSR count). The van der Waals surface area contributed by atoms with Crippen molar-refractivity contribution in [2.75, 3.05) is 9.74 Å². The Labute approximate surface area is 104 Å². The van der Waals surface area contributed by atoms with Gasteiger partial charge in [0.15, 0.2) is 0 Å². The molecule has 1 amide bonds. The maximum Gasteiger partial charge on any atom is 0.433 e. The zero-order valence-corrected chi connectivity index (χ0v) is 10.4. The van der Waals surface area contributed by atoms with E-state index >= 15 is 0 Å². The van der Waals surface area contributed by atoms with Gasteiger partial charge in [-0.05, 0) is 19.1 Å². The lowest BCUT2D eigenvalue weighted by atomic mass is 10.2. The Morgan fingerprint density at radius 1 is 1.50 bits per heavy atom. The summed E-state index contributed by atoms with van der Waals surface area (Å²) in [5, 5.41) is 2.46. The van der Waals surface area contributed by atoms with E-state index in [1.54, 1.807) is 0 Å². The standard InChI is InChI=1S/C9H8F3IN2O/c1-5-6(15-8(16)4-13)2-3-7(14-5)9(10,11)12/h2-3H,4H2,1H3,(H,15,16). The van der Waals surface area contributed by atoms with E-state index in [1.807, 2.05) is 22.6 Å². The minimum Gasteiger partial charge on any atom is -0.324 e. The number of hydrogen-bond donors (Lipinski definition) is 1. The molecule has 0 unspecified atom stereocenters. The highest BCUT2D eigenvalue weighted by molar-refractivity contribution is 14.1. The summed E-state index contributed by atoms with van der Waals surface area (Å²) in [6.45, 7) is 1.41. The van der Waals surface area contributed by atoms with Crippen LogP contribution in [0.1, 0.15) is 11.4 Å². The van der Waals surface area contributed by atoms with E-state index in [0.717, 1.165) is 6.07 Å². The molecule has 7 heteroatoms. The minimum absolute atomic E-state index is 0.146. The third-order valence-electron chi connectivity index (χ3n) is 1.77. The summed E-state index contributed by atoms with van der Waals surface area (Å²) in [6.07, 6.45) is -4.46. The van der Waals surface area contributed by atoms with Gasteiger partial charge in [0.05, 0.1) is 15.8 Å². The number of anilines is 1. The van der Waals surface area contributed by atoms with Gasteiger partial charge < -0.3 is 5.32 Å². The first kappa shape index (κ1) is 13.2. The summed E-state index contributed by atoms with van der Waals surface area (Å²) in [4.78, 5) is 14.4. The van der Waals surface area contributed by atoms with Crippen molar-refractivity contribution in [2.24, 2.45) is 0 Å². The predicted octanol–water partition coefficient (Wildman–Crippen LogP) is 2.78. The smallest absolute Gasteiger partial charge is 0.324 e. The zero-order valence-electron chi connectivity index (χ0n) is 8.23. The van der Waals surface area contributed by atoms with Crippen LogP contribution in [0.5, 0.6) is 0 Å². The van der Waals surface area contributed by atoms with Gasteiger partial charge in [0.1, 0.15) is 5.69 Å². The van der Waals surface area contributed by atoms with Crippen LogP contribution < -0.4 is 5.32 Å². The van der Waals surface area contributed by atoms with Gasteiger partial charge in [-0.2, -0.15) is 13.2 Å². The molecule has 0 spiro atoms. The Hall–Kier alpha value is -0.860. The summed E-state index contributed by atoms with van der Waals surface area (Å²) in [5.41, 5.74) is -0.514. The van der Waals surface area contributed by atoms with Crippen LogP contribution in [-0.2, 0) is 11.0 Å². The summed E-state index contributed by atoms with van der Waals surface area (Å²) >= 11 is 1.86. The molecule has 1 aromatic rings. The number of aryl methyl sites for hydroxylation is 1. The highest BCUT2D eigenvalue weighted by atomic mass is 127. The first-order valence-corrected chi connectivity index (χ1v) is 5.78. The van der Waals surface area contributed by atoms with Crippen LogP contribution in [-0.4, -0.2) is 15.3 Å². The van der Waals surface area contributed by atoms with E-state index in [1.165, 1.54) is 13.0 Å². The molecule has 0 fully saturated rings. The number of amides is 1. The van der Waals surface area contributed by atoms with Crippen LogP contribution in [0.2, 0.25) is 0 Å². The number of carbonyl (C=O) groups excluding carboxylic acids is 1. The second-order valence-electron chi connectivity index (χ2n) is 3.01. The van der Waals surface area contributed by atoms with Crippen LogP contribution in [0.25, 0.3) is 0 Å². The van der Waals surface area contributed by atoms with Crippen molar-refractivity contribution in [3.63, 3.8) is 0 Å². The van der Waals surface area contributed by atoms with Crippen molar-refractivity contribution >= 4 is 34.2 Å². The van der Waals surface area contributed by atoms with Gasteiger partial charge in [0.2, 0.25) is 5.91 Å². The van der Waals surface area contributed by atoms with Crippen molar-refractivity contribution in [2.45, 2.75) is 13.1 Å². The van der Waals surface area contributed by atoms with Gasteiger partial charge in [-0.15, -0.1) is 0 Å². The van der Waals surface area contributed by atoms with E-state index in [9.17, 15) is 18.0 Å². The predicted molar refractivity (Wildman–Crippen MR) is 61.5 cm³/mol. The quantitative estimate of drug-likeness (QED) is 0.662. The fourth-order valence-electron chi connectivity index (χ4n) is 1.03. The minimum atomic E-state index is -4.46. The average Bonchev–Trinajstić information content (AvgIpc) is 2.19. The number of pyridine rings is 1. The fourth-order valence-corrected chi connectivity index (χ4v) is 1.23. The van der Waals surface area contributed by atoms with Gasteiger partial charge in [0.25, 0.3) is 0 Å². The second kappa shape index (κ2) is 4.98. The van der Waals surface area contributed by atoms with Crippen molar-refractivity contribution < 1.29 is 18.0 Å². The Balaban J connectivity index is 2.96. The van der Waals surface area contributed by atoms with Crippen LogP contribution in [0.3, 0.4) is 0 Å². The average molecular weight is 344 g/mol. The van der Waals surface area contributed by atoms with Gasteiger partial charge in [-0.3, -0.25) is 4.79 Å². The molecule has 0 aromatic carbocycles. The first-order chi connectivity index (χ1) is 7.34. The maximum atomic E-state index is 12.3. The lowest BCUT2D eigenvalue weighted by Crippen LogP contribution is -2.15. The topological polar surface area (TPSA) is 42.0 Å². The third-order valence-corrected chi connectivity index (χ3v) is 2.46. The van der Waals surface area contributed by atoms with Gasteiger partial charge in [-0.1, -0.05) is 22.6 Å². The van der Waals surface area contributed by atoms with Crippen molar-refractivity contribution in [3.05, 3.63) is 23.5 Å². The Morgan fingerprint density at radius 3 is 2.56 bits per heavy atom. The number of halogens is 4. The Morgan fingerprint density at radius 2 is 2.12 bits per heavy atom. The summed E-state index contributed by atoms with van der Waals surface area (Å²) in [6, 6.07) is 2.05. The molecule has 16 heavy (non-hydrogen) atoms. The molecule has 0 aliphatic heterocycles. The molecule has 1 aromatic heterocycles. The van der Waals surface area contributed by atoms with Crippen LogP contribution >= 0.6 is 22.6 Å². The maximum absolute atomic E-state index is 12.3. The van der Waals surface area contributed by atoms with E-state index in [0.29, 0.717) is 5.69 Å². The molecule has 88 valence electrons. The lowest BCUT2D eigenvalue weighted by Gasteiger charge is -2.10. The van der Waals surface area contributed by atoms with Crippen molar-refractivity contribution in [1.82, 2.24) is 4.98 Å². The van der Waals surface area contributed by atoms with Crippen LogP contribution in [0.4, 0.5) is 18.9 Å². The Bertz CT molecular complexity index is 406. The number of nitrogens with zero attached hydrogens (tertiary/aromatic N) is 1. The molecule has 0 atom stereocenters. The molecule has 0 radical (unpaired) electrons. The number of alkyl halides is 4. The van der Waals surface area contributed by atoms with Gasteiger partial charge >= 0.3 is 6.18 Å². The summed E-state index contributed by atoms with van der Waals surface area (Å²) < 4.78 is 37.1. The normalized spacial score (nSPS) is 11.3. The molecule has 0 saturated carbocycles. The van der Waals surface area contributed by atoms with Gasteiger partial charge in [-0.25, -0.2) is 4.98 Å². The molecular formula is C9H8F3IN2O. The lowest BCUT2D eigenvalue weighted by molar-refractivity contribution is -0.141. The Kier molecular flexibility index (Phi) is 4.11. The fraction of sp³-hybridized carbons (Fsp3) is 0.333. The van der Waals surface area contributed by atoms with E-state index < -0.39 is 11.9 Å². The highest BCUT2D eigenvalue weighted by Crippen LogP contribution is 2.29. The largest absolute Gasteiger partial charge is 0.433 e. The SMILES string of the molecule is Cc1nc(C(F)(F)F)ccc1NC(=O)CI. The molecule has 3 nitrogen and oxygen atoms in total. The van der Waals surface area contributed by atoms with E-state index in [4.69, 9.17) is 0 Å². The highest BCUT2D eigenvalue weighted by Gasteiger charge is 2.32. The summed E-state index contributed by atoms with van der Waals surface area (Å²) in [7, 11) is 0. The monoisotopic (exact) mass is 344 g/mol. The second-order valence-corrected chi connectivity index (χ2v) is 3.77. The molecule has 0 saturated heterocycles. The van der Waals surface area contributed by atoms with Crippen LogP contribution in [0, 0.1) is 6.92 Å². The number of hydrogen-bond acceptors (Lipinski definition) is 2. The molecule has 1 N–H and O–H groups in total. The zero-order chi connectivity index (χ0) is 12.3. The molecule has 0 aliphatic rings. The van der Waals surface area contributed by atoms with Crippen LogP contribution in [0.15, 0.2) is 12.1 Å². The number of nitrogens with one attached hydrogen (secondary N) is 1. The summed E-state index contributed by atoms with van der Waals surface area (Å²) in [5.74, 6) is -0.273. The molecule has 0 aliphatic carbocycles. The third kappa shape index (κ3) is 3.32. The van der Waals surface area contributed by atoms with Crippen molar-refractivity contribution in [3.8, 4) is 0 Å². The van der Waals surface area contributed by atoms with Crippen molar-refractivity contribution in [1.29, 1.82) is 0 Å². The number of rotatable bonds is 2. The molecular weight excluding hydrogens is 336 g/mol. The first-order valence-electron chi connectivity index (χ1n) is 4.25.